The van der Waals surface area contributed by atoms with Gasteiger partial charge in [0, 0.05) is 18.1 Å². The number of anilines is 1. The first-order valence-corrected chi connectivity index (χ1v) is 6.78. The number of aromatic nitrogens is 2. The predicted molar refractivity (Wildman–Crippen MR) is 82.6 cm³/mol. The molecule has 0 saturated heterocycles. The van der Waals surface area contributed by atoms with Crippen LogP contribution in [0.4, 0.5) is 5.82 Å². The molecule has 0 bridgehead atoms. The number of aryl methyl sites for hydroxylation is 1. The van der Waals surface area contributed by atoms with Gasteiger partial charge < -0.3 is 9.88 Å². The summed E-state index contributed by atoms with van der Waals surface area (Å²) in [5.41, 5.74) is -0.245. The summed E-state index contributed by atoms with van der Waals surface area (Å²) >= 11 is 5.97. The van der Waals surface area contributed by atoms with Crippen LogP contribution in [-0.4, -0.2) is 15.5 Å². The molecule has 0 saturated carbocycles. The normalized spacial score (nSPS) is 11.2. The second-order valence-corrected chi connectivity index (χ2v) is 5.75. The molecular formula is C15H16ClN3O2. The fourth-order valence-electron chi connectivity index (χ4n) is 1.81. The average molecular weight is 306 g/mol. The second-order valence-electron chi connectivity index (χ2n) is 5.31. The highest BCUT2D eigenvalue weighted by Crippen LogP contribution is 2.26. The molecular weight excluding hydrogens is 290 g/mol. The van der Waals surface area contributed by atoms with E-state index in [0.717, 1.165) is 5.56 Å². The highest BCUT2D eigenvalue weighted by Gasteiger charge is 2.30. The molecule has 1 aromatic carbocycles. The van der Waals surface area contributed by atoms with Crippen molar-refractivity contribution < 1.29 is 4.79 Å². The lowest BCUT2D eigenvalue weighted by atomic mass is 9.84. The summed E-state index contributed by atoms with van der Waals surface area (Å²) < 4.78 is 1.33. The van der Waals surface area contributed by atoms with Gasteiger partial charge in [-0.1, -0.05) is 23.7 Å². The molecule has 1 N–H and O–H groups in total. The van der Waals surface area contributed by atoms with Gasteiger partial charge in [0.05, 0.1) is 11.7 Å². The van der Waals surface area contributed by atoms with Gasteiger partial charge in [-0.3, -0.25) is 9.59 Å². The number of nitrogens with one attached hydrogen (secondary N) is 1. The zero-order valence-corrected chi connectivity index (χ0v) is 12.8. The van der Waals surface area contributed by atoms with Crippen molar-refractivity contribution >= 4 is 23.3 Å². The molecule has 0 atom stereocenters. The molecule has 0 spiro atoms. The van der Waals surface area contributed by atoms with E-state index >= 15 is 0 Å². The Morgan fingerprint density at radius 1 is 1.33 bits per heavy atom. The van der Waals surface area contributed by atoms with Crippen molar-refractivity contribution in [3.63, 3.8) is 0 Å². The third-order valence-corrected chi connectivity index (χ3v) is 3.57. The maximum absolute atomic E-state index is 12.4. The van der Waals surface area contributed by atoms with E-state index in [1.165, 1.54) is 17.0 Å². The molecule has 5 nitrogen and oxygen atoms in total. The largest absolute Gasteiger partial charge is 0.310 e. The van der Waals surface area contributed by atoms with E-state index in [1.807, 2.05) is 6.07 Å². The Morgan fingerprint density at radius 3 is 2.67 bits per heavy atom. The number of rotatable bonds is 3. The van der Waals surface area contributed by atoms with Gasteiger partial charge >= 0.3 is 0 Å². The zero-order chi connectivity index (χ0) is 15.6. The van der Waals surface area contributed by atoms with Crippen molar-refractivity contribution in [1.82, 2.24) is 9.55 Å². The summed E-state index contributed by atoms with van der Waals surface area (Å²) in [5.74, 6) is -0.0243. The molecule has 2 aromatic rings. The van der Waals surface area contributed by atoms with E-state index in [1.54, 1.807) is 39.1 Å². The summed E-state index contributed by atoms with van der Waals surface area (Å²) in [4.78, 5) is 28.0. The Morgan fingerprint density at radius 2 is 2.05 bits per heavy atom. The summed E-state index contributed by atoms with van der Waals surface area (Å²) in [6, 6.07) is 8.41. The third kappa shape index (κ3) is 3.31. The summed E-state index contributed by atoms with van der Waals surface area (Å²) in [6.07, 6.45) is 1.37. The van der Waals surface area contributed by atoms with Crippen LogP contribution in [0, 0.1) is 0 Å². The fourth-order valence-corrected chi connectivity index (χ4v) is 2.00. The van der Waals surface area contributed by atoms with Crippen LogP contribution in [-0.2, 0) is 17.3 Å². The van der Waals surface area contributed by atoms with Crippen LogP contribution in [0.25, 0.3) is 0 Å². The number of hydrogen-bond acceptors (Lipinski definition) is 3. The van der Waals surface area contributed by atoms with Crippen molar-refractivity contribution in [3.8, 4) is 0 Å². The van der Waals surface area contributed by atoms with Gasteiger partial charge in [-0.15, -0.1) is 0 Å². The van der Waals surface area contributed by atoms with E-state index in [0.29, 0.717) is 5.02 Å². The Balaban J connectivity index is 2.26. The lowest BCUT2D eigenvalue weighted by Gasteiger charge is -2.24. The second kappa shape index (κ2) is 5.69. The van der Waals surface area contributed by atoms with Crippen LogP contribution in [0.3, 0.4) is 0 Å². The molecule has 1 aromatic heterocycles. The third-order valence-electron chi connectivity index (χ3n) is 3.33. The molecule has 2 rings (SSSR count). The number of halogens is 1. The number of hydrogen-bond donors (Lipinski definition) is 1. The Hall–Kier alpha value is -2.14. The Bertz CT molecular complexity index is 738. The average Bonchev–Trinajstić information content (AvgIpc) is 2.43. The molecule has 21 heavy (non-hydrogen) atoms. The smallest absolute Gasteiger partial charge is 0.255 e. The predicted octanol–water partition coefficient (Wildman–Crippen LogP) is 2.35. The molecule has 0 radical (unpaired) electrons. The van der Waals surface area contributed by atoms with Crippen LogP contribution in [0.1, 0.15) is 19.4 Å². The first-order chi connectivity index (χ1) is 9.80. The van der Waals surface area contributed by atoms with Gasteiger partial charge in [0.15, 0.2) is 0 Å². The lowest BCUT2D eigenvalue weighted by molar-refractivity contribution is -0.120. The molecule has 0 fully saturated rings. The van der Waals surface area contributed by atoms with E-state index in [-0.39, 0.29) is 17.3 Å². The van der Waals surface area contributed by atoms with Gasteiger partial charge in [-0.2, -0.15) is 0 Å². The maximum Gasteiger partial charge on any atom is 0.255 e. The molecule has 1 amide bonds. The van der Waals surface area contributed by atoms with Crippen molar-refractivity contribution in [3.05, 3.63) is 57.6 Å². The summed E-state index contributed by atoms with van der Waals surface area (Å²) in [5, 5.41) is 3.23. The molecule has 0 aliphatic rings. The molecule has 110 valence electrons. The SMILES string of the molecule is Cn1cnc(NC(=O)C(C)(C)c2cccc(Cl)c2)cc1=O. The van der Waals surface area contributed by atoms with E-state index in [9.17, 15) is 9.59 Å². The van der Waals surface area contributed by atoms with Crippen molar-refractivity contribution in [2.75, 3.05) is 5.32 Å². The first kappa shape index (κ1) is 15.3. The minimum atomic E-state index is -0.798. The van der Waals surface area contributed by atoms with E-state index in [2.05, 4.69) is 10.3 Å². The first-order valence-electron chi connectivity index (χ1n) is 6.41. The van der Waals surface area contributed by atoms with E-state index in [4.69, 9.17) is 11.6 Å². The topological polar surface area (TPSA) is 64.0 Å². The van der Waals surface area contributed by atoms with Gasteiger partial charge in [0.2, 0.25) is 5.91 Å². The minimum absolute atomic E-state index is 0.234. The highest BCUT2D eigenvalue weighted by atomic mass is 35.5. The van der Waals surface area contributed by atoms with Gasteiger partial charge in [0.25, 0.3) is 5.56 Å². The van der Waals surface area contributed by atoms with Crippen LogP contribution in [0.2, 0.25) is 5.02 Å². The minimum Gasteiger partial charge on any atom is -0.310 e. The molecule has 0 unspecified atom stereocenters. The quantitative estimate of drug-likeness (QED) is 0.946. The number of benzene rings is 1. The van der Waals surface area contributed by atoms with Crippen molar-refractivity contribution in [2.45, 2.75) is 19.3 Å². The lowest BCUT2D eigenvalue weighted by Crippen LogP contribution is -2.35. The van der Waals surface area contributed by atoms with Crippen molar-refractivity contribution in [2.24, 2.45) is 7.05 Å². The number of nitrogens with zero attached hydrogens (tertiary/aromatic N) is 2. The standard InChI is InChI=1S/C15H16ClN3O2/c1-15(2,10-5-4-6-11(16)7-10)14(21)18-12-8-13(20)19(3)9-17-12/h4-9H,1-3H3,(H,18,21). The van der Waals surface area contributed by atoms with Crippen LogP contribution >= 0.6 is 11.6 Å². The molecule has 0 aliphatic carbocycles. The molecule has 6 heteroatoms. The Kier molecular flexibility index (Phi) is 4.14. The van der Waals surface area contributed by atoms with Crippen LogP contribution < -0.4 is 10.9 Å². The molecule has 0 aliphatic heterocycles. The van der Waals surface area contributed by atoms with Crippen molar-refractivity contribution in [1.29, 1.82) is 0 Å². The summed E-state index contributed by atoms with van der Waals surface area (Å²) in [7, 11) is 1.59. The van der Waals surface area contributed by atoms with Gasteiger partial charge in [-0.25, -0.2) is 4.98 Å². The fraction of sp³-hybridized carbons (Fsp3) is 0.267. The number of carbonyl (C=O) groups excluding carboxylic acids is 1. The molecule has 1 heterocycles. The van der Waals surface area contributed by atoms with Gasteiger partial charge in [-0.05, 0) is 31.5 Å². The van der Waals surface area contributed by atoms with Crippen LogP contribution in [0.5, 0.6) is 0 Å². The zero-order valence-electron chi connectivity index (χ0n) is 12.1. The number of amides is 1. The Labute approximate surface area is 127 Å². The maximum atomic E-state index is 12.4. The summed E-state index contributed by atoms with van der Waals surface area (Å²) in [6.45, 7) is 3.57. The van der Waals surface area contributed by atoms with Gasteiger partial charge in [0.1, 0.15) is 5.82 Å². The monoisotopic (exact) mass is 305 g/mol. The number of carbonyl (C=O) groups is 1. The van der Waals surface area contributed by atoms with Crippen LogP contribution in [0.15, 0.2) is 41.5 Å². The van der Waals surface area contributed by atoms with E-state index < -0.39 is 5.41 Å². The highest BCUT2D eigenvalue weighted by molar-refractivity contribution is 6.30.